The van der Waals surface area contributed by atoms with Crippen molar-refractivity contribution < 1.29 is 9.47 Å². The van der Waals surface area contributed by atoms with Gasteiger partial charge in [-0.3, -0.25) is 0 Å². The summed E-state index contributed by atoms with van der Waals surface area (Å²) >= 11 is 3.27. The fraction of sp³-hybridized carbons (Fsp3) is 0.273. The van der Waals surface area contributed by atoms with E-state index in [0.717, 1.165) is 11.1 Å². The Morgan fingerprint density at radius 3 is 2.36 bits per heavy atom. The minimum atomic E-state index is -0.215. The summed E-state index contributed by atoms with van der Waals surface area (Å²) in [5, 5.41) is 0. The molecule has 0 radical (unpaired) electrons. The molecular formula is C11H11BrO2. The number of ether oxygens (including phenoxy) is 2. The molecule has 1 aromatic rings. The number of hydrogen-bond acceptors (Lipinski definition) is 2. The summed E-state index contributed by atoms with van der Waals surface area (Å²) in [6.07, 6.45) is -0.215. The Morgan fingerprint density at radius 2 is 1.79 bits per heavy atom. The van der Waals surface area contributed by atoms with E-state index in [1.807, 2.05) is 35.3 Å². The van der Waals surface area contributed by atoms with Gasteiger partial charge in [0.1, 0.15) is 0 Å². The molecule has 0 aromatic heterocycles. The van der Waals surface area contributed by atoms with Crippen LogP contribution in [0.4, 0.5) is 0 Å². The molecule has 0 bridgehead atoms. The minimum absolute atomic E-state index is 0.215. The van der Waals surface area contributed by atoms with Crippen LogP contribution < -0.4 is 0 Å². The van der Waals surface area contributed by atoms with Crippen molar-refractivity contribution in [2.24, 2.45) is 0 Å². The molecule has 2 nitrogen and oxygen atoms in total. The van der Waals surface area contributed by atoms with Crippen molar-refractivity contribution in [1.82, 2.24) is 0 Å². The van der Waals surface area contributed by atoms with Gasteiger partial charge in [-0.2, -0.15) is 0 Å². The molecule has 1 fully saturated rings. The largest absolute Gasteiger partial charge is 0.344 e. The van der Waals surface area contributed by atoms with Crippen LogP contribution in [-0.2, 0) is 9.47 Å². The van der Waals surface area contributed by atoms with E-state index in [2.05, 4.69) is 15.9 Å². The van der Waals surface area contributed by atoms with Crippen molar-refractivity contribution in [3.63, 3.8) is 0 Å². The predicted molar refractivity (Wildman–Crippen MR) is 58.1 cm³/mol. The maximum atomic E-state index is 5.55. The lowest BCUT2D eigenvalue weighted by Crippen LogP contribution is -2.19. The fourth-order valence-corrected chi connectivity index (χ4v) is 1.59. The molecule has 0 saturated carbocycles. The van der Waals surface area contributed by atoms with Crippen LogP contribution in [-0.4, -0.2) is 13.2 Å². The van der Waals surface area contributed by atoms with Gasteiger partial charge in [-0.25, -0.2) is 0 Å². The molecule has 1 heterocycles. The highest BCUT2D eigenvalue weighted by atomic mass is 79.9. The Labute approximate surface area is 91.7 Å². The first-order valence-electron chi connectivity index (χ1n) is 4.46. The standard InChI is InChI=1S/C11H11BrO2/c12-6-9-7-13-11(14-8-9)10-4-2-1-3-5-10/h1-6,11H,7-8H2. The Hall–Kier alpha value is -0.640. The smallest absolute Gasteiger partial charge is 0.184 e. The molecule has 74 valence electrons. The van der Waals surface area contributed by atoms with Crippen molar-refractivity contribution >= 4 is 15.9 Å². The highest BCUT2D eigenvalue weighted by Gasteiger charge is 2.18. The van der Waals surface area contributed by atoms with Gasteiger partial charge >= 0.3 is 0 Å². The van der Waals surface area contributed by atoms with Gasteiger partial charge < -0.3 is 9.47 Å². The molecule has 1 saturated heterocycles. The van der Waals surface area contributed by atoms with E-state index in [0.29, 0.717) is 13.2 Å². The molecule has 0 aliphatic carbocycles. The Balaban J connectivity index is 2.03. The quantitative estimate of drug-likeness (QED) is 0.767. The molecule has 2 rings (SSSR count). The van der Waals surface area contributed by atoms with E-state index in [-0.39, 0.29) is 6.29 Å². The molecule has 0 spiro atoms. The number of rotatable bonds is 1. The van der Waals surface area contributed by atoms with Crippen molar-refractivity contribution in [3.05, 3.63) is 46.5 Å². The van der Waals surface area contributed by atoms with Crippen molar-refractivity contribution in [1.29, 1.82) is 0 Å². The van der Waals surface area contributed by atoms with Crippen LogP contribution in [0, 0.1) is 0 Å². The number of halogens is 1. The third-order valence-corrected chi connectivity index (χ3v) is 2.71. The molecule has 3 heteroatoms. The second-order valence-corrected chi connectivity index (χ2v) is 3.59. The molecule has 14 heavy (non-hydrogen) atoms. The lowest BCUT2D eigenvalue weighted by Gasteiger charge is -2.25. The summed E-state index contributed by atoms with van der Waals surface area (Å²) in [6, 6.07) is 9.97. The molecule has 0 N–H and O–H groups in total. The van der Waals surface area contributed by atoms with Crippen molar-refractivity contribution in [2.75, 3.05) is 13.2 Å². The number of benzene rings is 1. The zero-order valence-electron chi connectivity index (χ0n) is 7.65. The summed E-state index contributed by atoms with van der Waals surface area (Å²) in [7, 11) is 0. The van der Waals surface area contributed by atoms with Crippen LogP contribution in [0.2, 0.25) is 0 Å². The van der Waals surface area contributed by atoms with E-state index in [9.17, 15) is 0 Å². The maximum absolute atomic E-state index is 5.55. The van der Waals surface area contributed by atoms with Gasteiger partial charge in [0.2, 0.25) is 0 Å². The summed E-state index contributed by atoms with van der Waals surface area (Å²) in [4.78, 5) is 1.86. The third-order valence-electron chi connectivity index (χ3n) is 2.07. The Kier molecular flexibility index (Phi) is 3.35. The van der Waals surface area contributed by atoms with E-state index >= 15 is 0 Å². The van der Waals surface area contributed by atoms with Gasteiger partial charge in [-0.1, -0.05) is 46.3 Å². The molecule has 1 aliphatic rings. The average molecular weight is 255 g/mol. The summed E-state index contributed by atoms with van der Waals surface area (Å²) in [5.74, 6) is 0. The van der Waals surface area contributed by atoms with Crippen LogP contribution in [0.1, 0.15) is 11.9 Å². The highest BCUT2D eigenvalue weighted by molar-refractivity contribution is 9.11. The zero-order chi connectivity index (χ0) is 9.80. The molecule has 1 aliphatic heterocycles. The summed E-state index contributed by atoms with van der Waals surface area (Å²) in [5.41, 5.74) is 2.19. The minimum Gasteiger partial charge on any atom is -0.344 e. The first-order valence-corrected chi connectivity index (χ1v) is 5.38. The SMILES string of the molecule is BrC=C1COC(c2ccccc2)OC1. The third kappa shape index (κ3) is 2.23. The van der Waals surface area contributed by atoms with E-state index in [4.69, 9.17) is 9.47 Å². The van der Waals surface area contributed by atoms with E-state index in [1.54, 1.807) is 0 Å². The average Bonchev–Trinajstić information content (AvgIpc) is 2.30. The van der Waals surface area contributed by atoms with Gasteiger partial charge in [0.15, 0.2) is 6.29 Å². The van der Waals surface area contributed by atoms with Gasteiger partial charge in [0.05, 0.1) is 13.2 Å². The van der Waals surface area contributed by atoms with Gasteiger partial charge in [0, 0.05) is 5.56 Å². The first-order chi connectivity index (χ1) is 6.90. The monoisotopic (exact) mass is 254 g/mol. The molecule has 0 unspecified atom stereocenters. The fourth-order valence-electron chi connectivity index (χ4n) is 1.32. The van der Waals surface area contributed by atoms with Crippen LogP contribution in [0.25, 0.3) is 0 Å². The van der Waals surface area contributed by atoms with Crippen LogP contribution in [0.5, 0.6) is 0 Å². The predicted octanol–water partition coefficient (Wildman–Crippen LogP) is 3.01. The normalized spacial score (nSPS) is 22.1. The lowest BCUT2D eigenvalue weighted by molar-refractivity contribution is -0.160. The number of hydrogen-bond donors (Lipinski definition) is 0. The second-order valence-electron chi connectivity index (χ2n) is 3.13. The summed E-state index contributed by atoms with van der Waals surface area (Å²) in [6.45, 7) is 1.26. The maximum Gasteiger partial charge on any atom is 0.184 e. The zero-order valence-corrected chi connectivity index (χ0v) is 9.24. The van der Waals surface area contributed by atoms with Crippen LogP contribution in [0.15, 0.2) is 40.9 Å². The molecule has 1 aromatic carbocycles. The van der Waals surface area contributed by atoms with E-state index in [1.165, 1.54) is 0 Å². The van der Waals surface area contributed by atoms with Crippen LogP contribution in [0.3, 0.4) is 0 Å². The first kappa shape index (κ1) is 9.90. The second kappa shape index (κ2) is 4.73. The van der Waals surface area contributed by atoms with Crippen LogP contribution >= 0.6 is 15.9 Å². The molecule has 0 atom stereocenters. The van der Waals surface area contributed by atoms with Crippen molar-refractivity contribution in [3.8, 4) is 0 Å². The Morgan fingerprint density at radius 1 is 1.14 bits per heavy atom. The molecule has 0 amide bonds. The molecular weight excluding hydrogens is 244 g/mol. The Bertz CT molecular complexity index is 311. The highest BCUT2D eigenvalue weighted by Crippen LogP contribution is 2.24. The van der Waals surface area contributed by atoms with Gasteiger partial charge in [-0.15, -0.1) is 0 Å². The summed E-state index contributed by atoms with van der Waals surface area (Å²) < 4.78 is 11.1. The van der Waals surface area contributed by atoms with Gasteiger partial charge in [-0.05, 0) is 10.6 Å². The van der Waals surface area contributed by atoms with E-state index < -0.39 is 0 Å². The lowest BCUT2D eigenvalue weighted by atomic mass is 10.2. The van der Waals surface area contributed by atoms with Gasteiger partial charge in [0.25, 0.3) is 0 Å². The van der Waals surface area contributed by atoms with Crippen molar-refractivity contribution in [2.45, 2.75) is 6.29 Å². The topological polar surface area (TPSA) is 18.5 Å².